The Hall–Kier alpha value is -0.930. The summed E-state index contributed by atoms with van der Waals surface area (Å²) >= 11 is 11.7. The van der Waals surface area contributed by atoms with E-state index in [4.69, 9.17) is 27.9 Å². The molecule has 0 bridgehead atoms. The lowest BCUT2D eigenvalue weighted by molar-refractivity contribution is -0.128. The normalized spacial score (nSPS) is 17.9. The Bertz CT molecular complexity index is 446. The van der Waals surface area contributed by atoms with Crippen LogP contribution >= 0.6 is 23.2 Å². The zero-order valence-corrected chi connectivity index (χ0v) is 11.6. The number of alkyl halides is 1. The lowest BCUT2D eigenvalue weighted by Gasteiger charge is -2.19. The third kappa shape index (κ3) is 3.30. The summed E-state index contributed by atoms with van der Waals surface area (Å²) in [5, 5.41) is 3.51. The molecule has 0 radical (unpaired) electrons. The Morgan fingerprint density at radius 1 is 1.56 bits per heavy atom. The minimum Gasteiger partial charge on any atom is -0.481 e. The van der Waals surface area contributed by atoms with Gasteiger partial charge in [0, 0.05) is 10.9 Å². The van der Waals surface area contributed by atoms with E-state index in [0.717, 1.165) is 12.8 Å². The van der Waals surface area contributed by atoms with Crippen LogP contribution in [-0.2, 0) is 4.79 Å². The molecular formula is C13H15Cl2NO2. The van der Waals surface area contributed by atoms with E-state index < -0.39 is 6.10 Å². The second-order valence-electron chi connectivity index (χ2n) is 4.62. The quantitative estimate of drug-likeness (QED) is 0.846. The zero-order chi connectivity index (χ0) is 13.2. The number of carbonyl (C=O) groups excluding carboxylic acids is 1. The fourth-order valence-electron chi connectivity index (χ4n) is 1.60. The van der Waals surface area contributed by atoms with Gasteiger partial charge in [-0.3, -0.25) is 4.79 Å². The summed E-state index contributed by atoms with van der Waals surface area (Å²) < 4.78 is 5.54. The van der Waals surface area contributed by atoms with Gasteiger partial charge in [0.05, 0.1) is 5.54 Å². The summed E-state index contributed by atoms with van der Waals surface area (Å²) in [5.41, 5.74) is -0.204. The van der Waals surface area contributed by atoms with Gasteiger partial charge in [-0.2, -0.15) is 0 Å². The maximum absolute atomic E-state index is 11.9. The van der Waals surface area contributed by atoms with Gasteiger partial charge in [0.2, 0.25) is 0 Å². The number of amides is 1. The Morgan fingerprint density at radius 2 is 2.28 bits per heavy atom. The molecule has 0 saturated heterocycles. The molecule has 5 heteroatoms. The number of benzene rings is 1. The van der Waals surface area contributed by atoms with Gasteiger partial charge in [0.1, 0.15) is 5.75 Å². The van der Waals surface area contributed by atoms with E-state index in [2.05, 4.69) is 5.32 Å². The second kappa shape index (κ2) is 5.37. The average molecular weight is 288 g/mol. The van der Waals surface area contributed by atoms with Crippen LogP contribution in [0, 0.1) is 0 Å². The molecule has 2 rings (SSSR count). The van der Waals surface area contributed by atoms with Gasteiger partial charge in [0.15, 0.2) is 6.10 Å². The molecule has 1 aromatic carbocycles. The van der Waals surface area contributed by atoms with Crippen LogP contribution in [-0.4, -0.2) is 23.4 Å². The molecule has 1 saturated carbocycles. The van der Waals surface area contributed by atoms with Crippen LogP contribution in [0.4, 0.5) is 0 Å². The van der Waals surface area contributed by atoms with Crippen LogP contribution in [0.15, 0.2) is 24.3 Å². The highest BCUT2D eigenvalue weighted by Gasteiger charge is 2.44. The largest absolute Gasteiger partial charge is 0.481 e. The molecule has 0 heterocycles. The van der Waals surface area contributed by atoms with Gasteiger partial charge < -0.3 is 10.1 Å². The number of hydrogen-bond donors (Lipinski definition) is 1. The van der Waals surface area contributed by atoms with Gasteiger partial charge in [0.25, 0.3) is 5.91 Å². The van der Waals surface area contributed by atoms with Crippen LogP contribution in [0.5, 0.6) is 5.75 Å². The van der Waals surface area contributed by atoms with Crippen molar-refractivity contribution in [2.75, 3.05) is 5.88 Å². The molecule has 1 N–H and O–H groups in total. The second-order valence-corrected chi connectivity index (χ2v) is 5.32. The van der Waals surface area contributed by atoms with E-state index >= 15 is 0 Å². The molecule has 0 aromatic heterocycles. The molecule has 18 heavy (non-hydrogen) atoms. The SMILES string of the molecule is CC(Oc1cccc(Cl)c1)C(=O)NC1(CCl)CC1. The van der Waals surface area contributed by atoms with Crippen molar-refractivity contribution in [3.8, 4) is 5.75 Å². The summed E-state index contributed by atoms with van der Waals surface area (Å²) in [6, 6.07) is 6.99. The molecule has 1 aromatic rings. The van der Waals surface area contributed by atoms with Gasteiger partial charge in [-0.1, -0.05) is 17.7 Å². The first-order chi connectivity index (χ1) is 8.54. The first-order valence-corrected chi connectivity index (χ1v) is 6.76. The molecule has 3 nitrogen and oxygen atoms in total. The summed E-state index contributed by atoms with van der Waals surface area (Å²) in [6.07, 6.45) is 1.31. The molecule has 1 fully saturated rings. The van der Waals surface area contributed by atoms with Crippen molar-refractivity contribution in [1.29, 1.82) is 0 Å². The van der Waals surface area contributed by atoms with Crippen LogP contribution < -0.4 is 10.1 Å². The third-order valence-electron chi connectivity index (χ3n) is 2.98. The number of ether oxygens (including phenoxy) is 1. The first-order valence-electron chi connectivity index (χ1n) is 5.85. The minimum atomic E-state index is -0.566. The summed E-state index contributed by atoms with van der Waals surface area (Å²) in [5.74, 6) is 0.886. The molecule has 1 unspecified atom stereocenters. The van der Waals surface area contributed by atoms with Crippen molar-refractivity contribution in [2.45, 2.75) is 31.4 Å². The van der Waals surface area contributed by atoms with Crippen molar-refractivity contribution in [2.24, 2.45) is 0 Å². The molecule has 1 aliphatic carbocycles. The highest BCUT2D eigenvalue weighted by molar-refractivity contribution is 6.30. The van der Waals surface area contributed by atoms with Crippen molar-refractivity contribution in [1.82, 2.24) is 5.32 Å². The summed E-state index contributed by atoms with van der Waals surface area (Å²) in [7, 11) is 0. The van der Waals surface area contributed by atoms with E-state index in [-0.39, 0.29) is 11.4 Å². The van der Waals surface area contributed by atoms with E-state index in [0.29, 0.717) is 16.7 Å². The minimum absolute atomic E-state index is 0.145. The van der Waals surface area contributed by atoms with Gasteiger partial charge in [-0.25, -0.2) is 0 Å². The number of halogens is 2. The van der Waals surface area contributed by atoms with Crippen LogP contribution in [0.25, 0.3) is 0 Å². The maximum Gasteiger partial charge on any atom is 0.261 e. The van der Waals surface area contributed by atoms with Crippen LogP contribution in [0.3, 0.4) is 0 Å². The topological polar surface area (TPSA) is 38.3 Å². The van der Waals surface area contributed by atoms with Crippen molar-refractivity contribution >= 4 is 29.1 Å². The third-order valence-corrected chi connectivity index (χ3v) is 3.72. The van der Waals surface area contributed by atoms with Crippen molar-refractivity contribution in [3.63, 3.8) is 0 Å². The fourth-order valence-corrected chi connectivity index (χ4v) is 2.12. The Kier molecular flexibility index (Phi) is 4.03. The highest BCUT2D eigenvalue weighted by Crippen LogP contribution is 2.36. The molecule has 1 atom stereocenters. The first kappa shape index (κ1) is 13.5. The predicted octanol–water partition coefficient (Wildman–Crippen LogP) is 2.99. The zero-order valence-electron chi connectivity index (χ0n) is 10.1. The van der Waals surface area contributed by atoms with Gasteiger partial charge in [-0.05, 0) is 38.0 Å². The monoisotopic (exact) mass is 287 g/mol. The lowest BCUT2D eigenvalue weighted by atomic mass is 10.2. The van der Waals surface area contributed by atoms with E-state index in [1.807, 2.05) is 0 Å². The predicted molar refractivity (Wildman–Crippen MR) is 72.4 cm³/mol. The van der Waals surface area contributed by atoms with Crippen molar-refractivity contribution in [3.05, 3.63) is 29.3 Å². The van der Waals surface area contributed by atoms with E-state index in [1.54, 1.807) is 31.2 Å². The number of nitrogens with one attached hydrogen (secondary N) is 1. The standard InChI is InChI=1S/C13H15Cl2NO2/c1-9(12(17)16-13(8-14)5-6-13)18-11-4-2-3-10(15)7-11/h2-4,7,9H,5-6,8H2,1H3,(H,16,17). The number of hydrogen-bond acceptors (Lipinski definition) is 2. The summed E-state index contributed by atoms with van der Waals surface area (Å²) in [4.78, 5) is 11.9. The fraction of sp³-hybridized carbons (Fsp3) is 0.462. The molecule has 1 aliphatic rings. The Balaban J connectivity index is 1.91. The lowest BCUT2D eigenvalue weighted by Crippen LogP contribution is -2.44. The molecule has 0 aliphatic heterocycles. The Morgan fingerprint density at radius 3 is 2.83 bits per heavy atom. The molecule has 1 amide bonds. The number of carbonyl (C=O) groups is 1. The smallest absolute Gasteiger partial charge is 0.261 e. The van der Waals surface area contributed by atoms with Crippen LogP contribution in [0.2, 0.25) is 5.02 Å². The average Bonchev–Trinajstić information content (AvgIpc) is 3.09. The molecular weight excluding hydrogens is 273 g/mol. The van der Waals surface area contributed by atoms with Gasteiger partial charge >= 0.3 is 0 Å². The summed E-state index contributed by atoms with van der Waals surface area (Å²) in [6.45, 7) is 1.71. The Labute approximate surface area is 116 Å². The van der Waals surface area contributed by atoms with Crippen LogP contribution in [0.1, 0.15) is 19.8 Å². The molecule has 98 valence electrons. The maximum atomic E-state index is 11.9. The highest BCUT2D eigenvalue weighted by atomic mass is 35.5. The van der Waals surface area contributed by atoms with E-state index in [1.165, 1.54) is 0 Å². The number of rotatable bonds is 5. The van der Waals surface area contributed by atoms with E-state index in [9.17, 15) is 4.79 Å². The molecule has 0 spiro atoms. The van der Waals surface area contributed by atoms with Gasteiger partial charge in [-0.15, -0.1) is 11.6 Å². The van der Waals surface area contributed by atoms with Crippen molar-refractivity contribution < 1.29 is 9.53 Å².